The van der Waals surface area contributed by atoms with E-state index in [9.17, 15) is 9.50 Å². The summed E-state index contributed by atoms with van der Waals surface area (Å²) in [7, 11) is 0. The topological polar surface area (TPSA) is 61.7 Å². The van der Waals surface area contributed by atoms with Gasteiger partial charge in [0.2, 0.25) is 0 Å². The van der Waals surface area contributed by atoms with Gasteiger partial charge < -0.3 is 14.7 Å². The monoisotopic (exact) mass is 428 g/mol. The van der Waals surface area contributed by atoms with Crippen LogP contribution in [0.25, 0.3) is 21.3 Å². The molecule has 8 heteroatoms. The lowest BCUT2D eigenvalue weighted by atomic mass is 10.1. The summed E-state index contributed by atoms with van der Waals surface area (Å²) >= 11 is 1.59. The van der Waals surface area contributed by atoms with Crippen molar-refractivity contribution >= 4 is 27.4 Å². The standard InChI is InChI=1S/C22H25FN4O2S/c23-16-5-3-15(4-6-16)17-13-30-22-20(17)21(24-14-25-22)27-9-7-26(8-10-27)12-18(28)19-2-1-11-29-19/h3-6,13-14,18-19,28H,1-2,7-12H2/t18-,19+/m1/s1. The second-order valence-corrected chi connectivity index (χ2v) is 8.80. The Balaban J connectivity index is 1.33. The quantitative estimate of drug-likeness (QED) is 0.674. The number of benzene rings is 1. The average Bonchev–Trinajstić information content (AvgIpc) is 3.45. The molecule has 2 atom stereocenters. The maximum absolute atomic E-state index is 13.4. The van der Waals surface area contributed by atoms with Crippen LogP contribution in [0.4, 0.5) is 10.2 Å². The van der Waals surface area contributed by atoms with Crippen molar-refractivity contribution in [3.63, 3.8) is 0 Å². The second-order valence-electron chi connectivity index (χ2n) is 7.94. The number of aliphatic hydroxyl groups is 1. The highest BCUT2D eigenvalue weighted by Crippen LogP contribution is 2.38. The molecule has 3 aromatic rings. The molecule has 0 amide bonds. The fourth-order valence-electron chi connectivity index (χ4n) is 4.37. The van der Waals surface area contributed by atoms with Crippen LogP contribution in [-0.4, -0.2) is 71.5 Å². The summed E-state index contributed by atoms with van der Waals surface area (Å²) in [6, 6.07) is 6.58. The zero-order valence-corrected chi connectivity index (χ0v) is 17.5. The molecule has 1 aromatic carbocycles. The van der Waals surface area contributed by atoms with Crippen molar-refractivity contribution in [2.45, 2.75) is 25.0 Å². The zero-order chi connectivity index (χ0) is 20.5. The minimum Gasteiger partial charge on any atom is -0.389 e. The number of anilines is 1. The Morgan fingerprint density at radius 2 is 1.97 bits per heavy atom. The van der Waals surface area contributed by atoms with Crippen LogP contribution in [0.15, 0.2) is 36.0 Å². The van der Waals surface area contributed by atoms with Gasteiger partial charge in [0, 0.05) is 50.3 Å². The molecule has 2 fully saturated rings. The first kappa shape index (κ1) is 19.8. The Morgan fingerprint density at radius 1 is 1.17 bits per heavy atom. The van der Waals surface area contributed by atoms with E-state index in [1.807, 2.05) is 0 Å². The molecule has 158 valence electrons. The van der Waals surface area contributed by atoms with Gasteiger partial charge in [-0.2, -0.15) is 0 Å². The van der Waals surface area contributed by atoms with Crippen LogP contribution in [0, 0.1) is 5.82 Å². The first-order chi connectivity index (χ1) is 14.7. The maximum atomic E-state index is 13.4. The van der Waals surface area contributed by atoms with E-state index in [1.54, 1.807) is 29.8 Å². The summed E-state index contributed by atoms with van der Waals surface area (Å²) < 4.78 is 19.0. The molecule has 0 bridgehead atoms. The van der Waals surface area contributed by atoms with Crippen LogP contribution < -0.4 is 4.90 Å². The molecule has 2 saturated heterocycles. The SMILES string of the molecule is O[C@H](CN1CCN(c2ncnc3scc(-c4ccc(F)cc4)c23)CC1)[C@@H]1CCCO1. The molecule has 0 spiro atoms. The molecule has 0 unspecified atom stereocenters. The normalized spacial score (nSPS) is 21.4. The Labute approximate surface area is 178 Å². The van der Waals surface area contributed by atoms with E-state index in [0.717, 1.165) is 72.8 Å². The highest BCUT2D eigenvalue weighted by Gasteiger charge is 2.28. The van der Waals surface area contributed by atoms with Crippen LogP contribution in [-0.2, 0) is 4.74 Å². The first-order valence-electron chi connectivity index (χ1n) is 10.4. The molecule has 0 saturated carbocycles. The number of piperazine rings is 1. The highest BCUT2D eigenvalue weighted by molar-refractivity contribution is 7.17. The fraction of sp³-hybridized carbons (Fsp3) is 0.455. The van der Waals surface area contributed by atoms with Crippen molar-refractivity contribution in [2.24, 2.45) is 0 Å². The minimum absolute atomic E-state index is 0.0198. The number of ether oxygens (including phenoxy) is 1. The third-order valence-electron chi connectivity index (χ3n) is 6.02. The van der Waals surface area contributed by atoms with Gasteiger partial charge in [-0.3, -0.25) is 4.90 Å². The third kappa shape index (κ3) is 3.92. The Kier molecular flexibility index (Phi) is 5.64. The number of rotatable bonds is 5. The number of nitrogens with zero attached hydrogens (tertiary/aromatic N) is 4. The van der Waals surface area contributed by atoms with E-state index in [1.165, 1.54) is 12.1 Å². The number of hydrogen-bond donors (Lipinski definition) is 1. The van der Waals surface area contributed by atoms with Crippen LogP contribution in [0.3, 0.4) is 0 Å². The molecule has 5 rings (SSSR count). The van der Waals surface area contributed by atoms with Crippen molar-refractivity contribution in [2.75, 3.05) is 44.2 Å². The van der Waals surface area contributed by atoms with Gasteiger partial charge in [0.25, 0.3) is 0 Å². The minimum atomic E-state index is -0.424. The number of β-amino-alcohol motifs (C(OH)–C–C–N with tert-alkyl or cyclic N) is 1. The van der Waals surface area contributed by atoms with Gasteiger partial charge in [-0.15, -0.1) is 11.3 Å². The Morgan fingerprint density at radius 3 is 2.70 bits per heavy atom. The van der Waals surface area contributed by atoms with Crippen molar-refractivity contribution < 1.29 is 14.2 Å². The molecule has 6 nitrogen and oxygen atoms in total. The predicted molar refractivity (Wildman–Crippen MR) is 116 cm³/mol. The molecule has 1 N–H and O–H groups in total. The predicted octanol–water partition coefficient (Wildman–Crippen LogP) is 3.16. The smallest absolute Gasteiger partial charge is 0.141 e. The summed E-state index contributed by atoms with van der Waals surface area (Å²) in [6.45, 7) is 4.82. The molecule has 2 aliphatic rings. The number of aromatic nitrogens is 2. The van der Waals surface area contributed by atoms with E-state index >= 15 is 0 Å². The molecule has 2 aliphatic heterocycles. The maximum Gasteiger partial charge on any atom is 0.141 e. The van der Waals surface area contributed by atoms with Gasteiger partial charge in [0.1, 0.15) is 22.8 Å². The molecule has 2 aromatic heterocycles. The number of hydrogen-bond acceptors (Lipinski definition) is 7. The van der Waals surface area contributed by atoms with Crippen molar-refractivity contribution in [3.8, 4) is 11.1 Å². The van der Waals surface area contributed by atoms with Gasteiger partial charge in [-0.25, -0.2) is 14.4 Å². The van der Waals surface area contributed by atoms with Crippen LogP contribution in [0.5, 0.6) is 0 Å². The molecule has 30 heavy (non-hydrogen) atoms. The number of halogens is 1. The molecular weight excluding hydrogens is 403 g/mol. The van der Waals surface area contributed by atoms with Crippen LogP contribution >= 0.6 is 11.3 Å². The lowest BCUT2D eigenvalue weighted by molar-refractivity contribution is -0.0190. The van der Waals surface area contributed by atoms with E-state index in [4.69, 9.17) is 4.74 Å². The largest absolute Gasteiger partial charge is 0.389 e. The van der Waals surface area contributed by atoms with Gasteiger partial charge in [-0.05, 0) is 30.5 Å². The molecule has 0 aliphatic carbocycles. The van der Waals surface area contributed by atoms with Gasteiger partial charge in [-0.1, -0.05) is 12.1 Å². The van der Waals surface area contributed by atoms with Gasteiger partial charge in [0.05, 0.1) is 17.6 Å². The van der Waals surface area contributed by atoms with Crippen LogP contribution in [0.1, 0.15) is 12.8 Å². The van der Waals surface area contributed by atoms with Gasteiger partial charge >= 0.3 is 0 Å². The third-order valence-corrected chi connectivity index (χ3v) is 6.90. The van der Waals surface area contributed by atoms with Crippen molar-refractivity contribution in [1.29, 1.82) is 0 Å². The lowest BCUT2D eigenvalue weighted by Crippen LogP contribution is -2.50. The van der Waals surface area contributed by atoms with Crippen molar-refractivity contribution in [3.05, 3.63) is 41.8 Å². The Bertz CT molecular complexity index is 998. The van der Waals surface area contributed by atoms with E-state index < -0.39 is 6.10 Å². The molecule has 4 heterocycles. The zero-order valence-electron chi connectivity index (χ0n) is 16.7. The second kappa shape index (κ2) is 8.55. The summed E-state index contributed by atoms with van der Waals surface area (Å²) in [4.78, 5) is 14.6. The van der Waals surface area contributed by atoms with E-state index in [0.29, 0.717) is 6.54 Å². The average molecular weight is 429 g/mol. The van der Waals surface area contributed by atoms with E-state index in [2.05, 4.69) is 25.1 Å². The Hall–Kier alpha value is -2.13. The summed E-state index contributed by atoms with van der Waals surface area (Å²) in [5.41, 5.74) is 2.01. The van der Waals surface area contributed by atoms with Gasteiger partial charge in [0.15, 0.2) is 0 Å². The summed E-state index contributed by atoms with van der Waals surface area (Å²) in [5.74, 6) is 0.691. The summed E-state index contributed by atoms with van der Waals surface area (Å²) in [6.07, 6.45) is 3.16. The molecule has 0 radical (unpaired) electrons. The van der Waals surface area contributed by atoms with E-state index in [-0.39, 0.29) is 11.9 Å². The first-order valence-corrected chi connectivity index (χ1v) is 11.3. The molecular formula is C22H25FN4O2S. The number of aliphatic hydroxyl groups excluding tert-OH is 1. The van der Waals surface area contributed by atoms with Crippen molar-refractivity contribution in [1.82, 2.24) is 14.9 Å². The highest BCUT2D eigenvalue weighted by atomic mass is 32.1. The fourth-order valence-corrected chi connectivity index (χ4v) is 5.28. The number of thiophene rings is 1. The number of fused-ring (bicyclic) bond motifs is 1. The lowest BCUT2D eigenvalue weighted by Gasteiger charge is -2.37. The van der Waals surface area contributed by atoms with Crippen LogP contribution in [0.2, 0.25) is 0 Å². The summed E-state index contributed by atoms with van der Waals surface area (Å²) in [5, 5.41) is 13.6.